The van der Waals surface area contributed by atoms with Gasteiger partial charge in [-0.25, -0.2) is 0 Å². The van der Waals surface area contributed by atoms with E-state index in [1.807, 2.05) is 48.5 Å². The first-order valence-corrected chi connectivity index (χ1v) is 9.81. The van der Waals surface area contributed by atoms with Crippen molar-refractivity contribution in [2.24, 2.45) is 0 Å². The number of hydrogen-bond donors (Lipinski definition) is 1. The van der Waals surface area contributed by atoms with Crippen LogP contribution in [0.4, 0.5) is 10.8 Å². The molecule has 0 saturated heterocycles. The predicted molar refractivity (Wildman–Crippen MR) is 104 cm³/mol. The molecule has 4 aromatic rings. The maximum atomic E-state index is 6.15. The van der Waals surface area contributed by atoms with Crippen molar-refractivity contribution in [2.45, 2.75) is 10.1 Å². The molecule has 0 aliphatic rings. The van der Waals surface area contributed by atoms with Crippen molar-refractivity contribution in [3.63, 3.8) is 0 Å². The number of hydrogen-bond acceptors (Lipinski definition) is 8. The Kier molecular flexibility index (Phi) is 5.14. The van der Waals surface area contributed by atoms with Crippen LogP contribution in [0.1, 0.15) is 5.89 Å². The van der Waals surface area contributed by atoms with Crippen LogP contribution in [-0.4, -0.2) is 20.4 Å². The van der Waals surface area contributed by atoms with Gasteiger partial charge in [-0.1, -0.05) is 65.0 Å². The number of nitrogens with one attached hydrogen (secondary N) is 1. The molecule has 0 unspecified atom stereocenters. The molecule has 0 fully saturated rings. The average molecular weight is 402 g/mol. The van der Waals surface area contributed by atoms with E-state index in [9.17, 15) is 0 Å². The van der Waals surface area contributed by atoms with Gasteiger partial charge in [0.2, 0.25) is 16.9 Å². The second-order valence-electron chi connectivity index (χ2n) is 5.13. The van der Waals surface area contributed by atoms with E-state index in [2.05, 4.69) is 25.7 Å². The summed E-state index contributed by atoms with van der Waals surface area (Å²) >= 11 is 9.12. The van der Waals surface area contributed by atoms with Crippen LogP contribution >= 0.6 is 34.7 Å². The van der Waals surface area contributed by atoms with Crippen molar-refractivity contribution < 1.29 is 4.42 Å². The molecule has 1 N–H and O–H groups in total. The van der Waals surface area contributed by atoms with Crippen LogP contribution in [0.3, 0.4) is 0 Å². The number of benzene rings is 2. The number of thioether (sulfide) groups is 1. The van der Waals surface area contributed by atoms with Gasteiger partial charge in [-0.3, -0.25) is 0 Å². The van der Waals surface area contributed by atoms with E-state index >= 15 is 0 Å². The molecule has 0 atom stereocenters. The highest BCUT2D eigenvalue weighted by Crippen LogP contribution is 2.31. The molecule has 0 amide bonds. The van der Waals surface area contributed by atoms with Gasteiger partial charge in [0.05, 0.1) is 16.3 Å². The Bertz CT molecular complexity index is 1010. The van der Waals surface area contributed by atoms with Crippen LogP contribution < -0.4 is 5.32 Å². The summed E-state index contributed by atoms with van der Waals surface area (Å²) < 4.78 is 6.51. The Labute approximate surface area is 162 Å². The Morgan fingerprint density at radius 2 is 1.77 bits per heavy atom. The summed E-state index contributed by atoms with van der Waals surface area (Å²) in [4.78, 5) is 0. The molecular weight excluding hydrogens is 390 g/mol. The van der Waals surface area contributed by atoms with Crippen LogP contribution in [0, 0.1) is 0 Å². The Morgan fingerprint density at radius 3 is 2.62 bits per heavy atom. The number of aromatic nitrogens is 4. The fraction of sp³-hybridized carbons (Fsp3) is 0.0588. The van der Waals surface area contributed by atoms with Gasteiger partial charge in [0.1, 0.15) is 0 Å². The normalized spacial score (nSPS) is 10.8. The van der Waals surface area contributed by atoms with Gasteiger partial charge in [0.15, 0.2) is 4.34 Å². The molecule has 2 heterocycles. The van der Waals surface area contributed by atoms with Crippen LogP contribution in [0.5, 0.6) is 0 Å². The van der Waals surface area contributed by atoms with E-state index < -0.39 is 0 Å². The first kappa shape index (κ1) is 17.0. The molecule has 0 saturated carbocycles. The molecular formula is C17H12ClN5OS2. The average Bonchev–Trinajstić information content (AvgIpc) is 3.31. The quantitative estimate of drug-likeness (QED) is 0.440. The number of nitrogens with zero attached hydrogens (tertiary/aromatic N) is 4. The third kappa shape index (κ3) is 4.04. The van der Waals surface area contributed by atoms with E-state index in [0.29, 0.717) is 22.6 Å². The van der Waals surface area contributed by atoms with Gasteiger partial charge in [0, 0.05) is 5.69 Å². The van der Waals surface area contributed by atoms with E-state index in [1.54, 1.807) is 6.07 Å². The van der Waals surface area contributed by atoms with E-state index in [0.717, 1.165) is 20.7 Å². The summed E-state index contributed by atoms with van der Waals surface area (Å²) in [6, 6.07) is 17.2. The van der Waals surface area contributed by atoms with Crippen LogP contribution in [0.15, 0.2) is 63.4 Å². The molecule has 6 nitrogen and oxygen atoms in total. The summed E-state index contributed by atoms with van der Waals surface area (Å²) in [5.74, 6) is 1.44. The smallest absolute Gasteiger partial charge is 0.249 e. The van der Waals surface area contributed by atoms with Crippen LogP contribution in [-0.2, 0) is 5.75 Å². The van der Waals surface area contributed by atoms with E-state index in [-0.39, 0.29) is 0 Å². The van der Waals surface area contributed by atoms with Gasteiger partial charge in [-0.05, 0) is 24.3 Å². The van der Waals surface area contributed by atoms with E-state index in [4.69, 9.17) is 16.0 Å². The number of anilines is 2. The molecule has 2 aromatic carbocycles. The standard InChI is InChI=1S/C17H12ClN5OS2/c18-13-9-5-4-8-12(13)15-21-20-14(24-15)10-25-17-23-22-16(26-17)19-11-6-2-1-3-7-11/h1-9H,10H2,(H,19,22). The summed E-state index contributed by atoms with van der Waals surface area (Å²) in [6.45, 7) is 0. The molecule has 4 rings (SSSR count). The van der Waals surface area contributed by atoms with Crippen LogP contribution in [0.25, 0.3) is 11.5 Å². The summed E-state index contributed by atoms with van der Waals surface area (Å²) in [6.07, 6.45) is 0. The highest BCUT2D eigenvalue weighted by molar-refractivity contribution is 8.00. The summed E-state index contributed by atoms with van der Waals surface area (Å²) in [5, 5.41) is 21.0. The van der Waals surface area contributed by atoms with Crippen molar-refractivity contribution in [2.75, 3.05) is 5.32 Å². The monoisotopic (exact) mass is 401 g/mol. The lowest BCUT2D eigenvalue weighted by molar-refractivity contribution is 0.528. The number of para-hydroxylation sites is 1. The fourth-order valence-corrected chi connectivity index (χ4v) is 3.97. The Morgan fingerprint density at radius 1 is 0.962 bits per heavy atom. The van der Waals surface area contributed by atoms with Gasteiger partial charge in [0.25, 0.3) is 0 Å². The molecule has 0 aliphatic carbocycles. The third-order valence-electron chi connectivity index (χ3n) is 3.32. The zero-order valence-corrected chi connectivity index (χ0v) is 15.7. The van der Waals surface area contributed by atoms with Crippen molar-refractivity contribution >= 4 is 45.5 Å². The molecule has 0 radical (unpaired) electrons. The lowest BCUT2D eigenvalue weighted by Gasteiger charge is -1.99. The second-order valence-corrected chi connectivity index (χ2v) is 7.74. The SMILES string of the molecule is Clc1ccccc1-c1nnc(CSc2nnc(Nc3ccccc3)s2)o1. The number of halogens is 1. The largest absolute Gasteiger partial charge is 0.420 e. The third-order valence-corrected chi connectivity index (χ3v) is 5.61. The molecule has 0 bridgehead atoms. The molecule has 2 aromatic heterocycles. The topological polar surface area (TPSA) is 76.7 Å². The Hall–Kier alpha value is -2.42. The predicted octanol–water partition coefficient (Wildman–Crippen LogP) is 5.28. The zero-order chi connectivity index (χ0) is 17.8. The number of rotatable bonds is 6. The first-order valence-electron chi connectivity index (χ1n) is 7.63. The van der Waals surface area contributed by atoms with Crippen molar-refractivity contribution in [3.8, 4) is 11.5 Å². The molecule has 26 heavy (non-hydrogen) atoms. The zero-order valence-electron chi connectivity index (χ0n) is 13.3. The molecule has 0 aliphatic heterocycles. The van der Waals surface area contributed by atoms with Crippen LogP contribution in [0.2, 0.25) is 5.02 Å². The first-order chi connectivity index (χ1) is 12.8. The fourth-order valence-electron chi connectivity index (χ4n) is 2.14. The Balaban J connectivity index is 1.39. The van der Waals surface area contributed by atoms with Gasteiger partial charge < -0.3 is 9.73 Å². The van der Waals surface area contributed by atoms with Gasteiger partial charge >= 0.3 is 0 Å². The van der Waals surface area contributed by atoms with Crippen molar-refractivity contribution in [1.82, 2.24) is 20.4 Å². The minimum absolute atomic E-state index is 0.412. The summed E-state index contributed by atoms with van der Waals surface area (Å²) in [7, 11) is 0. The van der Waals surface area contributed by atoms with Crippen molar-refractivity contribution in [1.29, 1.82) is 0 Å². The molecule has 9 heteroatoms. The summed E-state index contributed by atoms with van der Waals surface area (Å²) in [5.41, 5.74) is 1.70. The van der Waals surface area contributed by atoms with Gasteiger partial charge in [-0.2, -0.15) is 0 Å². The molecule has 0 spiro atoms. The van der Waals surface area contributed by atoms with Crippen molar-refractivity contribution in [3.05, 3.63) is 65.5 Å². The minimum atomic E-state index is 0.412. The highest BCUT2D eigenvalue weighted by Gasteiger charge is 2.13. The van der Waals surface area contributed by atoms with E-state index in [1.165, 1.54) is 23.1 Å². The maximum absolute atomic E-state index is 6.15. The lowest BCUT2D eigenvalue weighted by atomic mass is 10.2. The lowest BCUT2D eigenvalue weighted by Crippen LogP contribution is -1.87. The highest BCUT2D eigenvalue weighted by atomic mass is 35.5. The van der Waals surface area contributed by atoms with Gasteiger partial charge in [-0.15, -0.1) is 20.4 Å². The maximum Gasteiger partial charge on any atom is 0.249 e. The second kappa shape index (κ2) is 7.86. The molecule has 130 valence electrons. The minimum Gasteiger partial charge on any atom is -0.420 e.